The van der Waals surface area contributed by atoms with Crippen LogP contribution in [0, 0.1) is 0 Å². The highest BCUT2D eigenvalue weighted by Gasteiger charge is 2.17. The minimum Gasteiger partial charge on any atom is -0.455 e. The average molecular weight is 769 g/mol. The Bertz CT molecular complexity index is 3410. The van der Waals surface area contributed by atoms with Crippen molar-refractivity contribution < 1.29 is 8.83 Å². The molecule has 6 heteroatoms. The van der Waals surface area contributed by atoms with Crippen LogP contribution >= 0.6 is 0 Å². The number of benzene rings is 8. The molecule has 0 radical (unpaired) electrons. The Morgan fingerprint density at radius 2 is 0.683 bits per heavy atom. The molecular formula is C54H32N4O2. The predicted molar refractivity (Wildman–Crippen MR) is 242 cm³/mol. The van der Waals surface area contributed by atoms with Crippen LogP contribution in [0.5, 0.6) is 0 Å². The van der Waals surface area contributed by atoms with Crippen LogP contribution in [0.4, 0.5) is 0 Å². The van der Waals surface area contributed by atoms with Crippen molar-refractivity contribution >= 4 is 54.8 Å². The molecule has 6 nitrogen and oxygen atoms in total. The summed E-state index contributed by atoms with van der Waals surface area (Å²) in [5.74, 6) is 1.76. The third-order valence-corrected chi connectivity index (χ3v) is 11.4. The number of para-hydroxylation sites is 5. The third kappa shape index (κ3) is 5.65. The van der Waals surface area contributed by atoms with Gasteiger partial charge in [-0.1, -0.05) is 170 Å². The van der Waals surface area contributed by atoms with Crippen molar-refractivity contribution in [2.24, 2.45) is 0 Å². The van der Waals surface area contributed by atoms with Crippen molar-refractivity contribution in [3.63, 3.8) is 0 Å². The molecule has 0 fully saturated rings. The first-order chi connectivity index (χ1) is 29.7. The summed E-state index contributed by atoms with van der Waals surface area (Å²) in [6.07, 6.45) is 1.84. The van der Waals surface area contributed by atoms with Crippen molar-refractivity contribution in [2.75, 3.05) is 0 Å². The molecule has 280 valence electrons. The summed E-state index contributed by atoms with van der Waals surface area (Å²) >= 11 is 0. The van der Waals surface area contributed by atoms with Crippen molar-refractivity contribution in [2.45, 2.75) is 0 Å². The molecule has 12 aromatic rings. The molecular weight excluding hydrogens is 737 g/mol. The fraction of sp³-hybridized carbons (Fsp3) is 0. The molecule has 0 unspecified atom stereocenters. The minimum absolute atomic E-state index is 0.585. The third-order valence-electron chi connectivity index (χ3n) is 11.4. The maximum Gasteiger partial charge on any atom is 0.164 e. The van der Waals surface area contributed by atoms with E-state index in [4.69, 9.17) is 23.8 Å². The molecule has 8 aromatic carbocycles. The van der Waals surface area contributed by atoms with Gasteiger partial charge in [0.25, 0.3) is 0 Å². The van der Waals surface area contributed by atoms with Gasteiger partial charge in [0, 0.05) is 66.5 Å². The fourth-order valence-electron chi connectivity index (χ4n) is 8.45. The molecule has 12 rings (SSSR count). The maximum atomic E-state index is 6.37. The molecule has 0 aliphatic carbocycles. The van der Waals surface area contributed by atoms with E-state index in [0.29, 0.717) is 17.5 Å². The van der Waals surface area contributed by atoms with E-state index in [1.54, 1.807) is 0 Å². The first-order valence-electron chi connectivity index (χ1n) is 19.9. The highest BCUT2D eigenvalue weighted by molar-refractivity contribution is 6.10. The van der Waals surface area contributed by atoms with Gasteiger partial charge in [-0.05, 0) is 34.9 Å². The highest BCUT2D eigenvalue weighted by Crippen LogP contribution is 2.38. The molecule has 60 heavy (non-hydrogen) atoms. The summed E-state index contributed by atoms with van der Waals surface area (Å²) in [5.41, 5.74) is 13.4. The van der Waals surface area contributed by atoms with Crippen LogP contribution in [-0.4, -0.2) is 19.9 Å². The van der Waals surface area contributed by atoms with Crippen molar-refractivity contribution in [1.82, 2.24) is 19.9 Å². The topological polar surface area (TPSA) is 77.8 Å². The van der Waals surface area contributed by atoms with Gasteiger partial charge in [-0.15, -0.1) is 0 Å². The molecule has 0 amide bonds. The Hall–Kier alpha value is -8.22. The zero-order chi connectivity index (χ0) is 39.6. The average Bonchev–Trinajstić information content (AvgIpc) is 3.90. The monoisotopic (exact) mass is 768 g/mol. The molecule has 0 bridgehead atoms. The largest absolute Gasteiger partial charge is 0.455 e. The molecule has 4 aromatic heterocycles. The predicted octanol–water partition coefficient (Wildman–Crippen LogP) is 14.2. The summed E-state index contributed by atoms with van der Waals surface area (Å²) in [6.45, 7) is 0. The van der Waals surface area contributed by atoms with Crippen LogP contribution < -0.4 is 0 Å². The Labute approximate surface area is 344 Å². The van der Waals surface area contributed by atoms with Crippen molar-refractivity contribution in [1.29, 1.82) is 0 Å². The van der Waals surface area contributed by atoms with Crippen LogP contribution in [0.25, 0.3) is 122 Å². The quantitative estimate of drug-likeness (QED) is 0.168. The zero-order valence-corrected chi connectivity index (χ0v) is 32.1. The number of hydrogen-bond acceptors (Lipinski definition) is 6. The second-order valence-electron chi connectivity index (χ2n) is 15.0. The van der Waals surface area contributed by atoms with Crippen molar-refractivity contribution in [3.05, 3.63) is 194 Å². The highest BCUT2D eigenvalue weighted by atomic mass is 16.3. The lowest BCUT2D eigenvalue weighted by Crippen LogP contribution is -2.00. The summed E-state index contributed by atoms with van der Waals surface area (Å²) in [5, 5.41) is 5.52. The van der Waals surface area contributed by atoms with E-state index >= 15 is 0 Å². The van der Waals surface area contributed by atoms with Crippen LogP contribution in [0.1, 0.15) is 0 Å². The fourth-order valence-corrected chi connectivity index (χ4v) is 8.45. The lowest BCUT2D eigenvalue weighted by molar-refractivity contribution is 0.669. The standard InChI is InChI=1S/C54H32N4O2/c1-3-18-47-43(11-1)45-16-6-14-41(50(45)59-47)34-22-28-38(29-23-34)53-56-52(37-26-20-33(21-27-37)40-13-5-9-36-10-8-32-55-49(36)40)57-54(58-53)39-30-24-35(25-31-39)42-15-7-17-46-44-12-2-4-19-48(44)60-51(42)46/h1-32H. The molecule has 0 atom stereocenters. The number of rotatable bonds is 6. The van der Waals surface area contributed by atoms with Gasteiger partial charge in [-0.25, -0.2) is 15.0 Å². The van der Waals surface area contributed by atoms with Crippen molar-refractivity contribution in [3.8, 4) is 67.5 Å². The first-order valence-corrected chi connectivity index (χ1v) is 19.9. The van der Waals surface area contributed by atoms with Gasteiger partial charge in [-0.3, -0.25) is 4.98 Å². The van der Waals surface area contributed by atoms with E-state index in [2.05, 4.69) is 151 Å². The van der Waals surface area contributed by atoms with E-state index in [1.807, 2.05) is 48.7 Å². The number of nitrogens with zero attached hydrogens (tertiary/aromatic N) is 4. The molecule has 4 heterocycles. The minimum atomic E-state index is 0.585. The number of hydrogen-bond donors (Lipinski definition) is 0. The molecule has 0 saturated heterocycles. The zero-order valence-electron chi connectivity index (χ0n) is 32.1. The van der Waals surface area contributed by atoms with E-state index in [0.717, 1.165) is 105 Å². The Morgan fingerprint density at radius 1 is 0.300 bits per heavy atom. The second kappa shape index (κ2) is 13.7. The smallest absolute Gasteiger partial charge is 0.164 e. The van der Waals surface area contributed by atoms with Gasteiger partial charge in [0.1, 0.15) is 22.3 Å². The van der Waals surface area contributed by atoms with Crippen LogP contribution in [0.2, 0.25) is 0 Å². The van der Waals surface area contributed by atoms with E-state index in [1.165, 1.54) is 0 Å². The lowest BCUT2D eigenvalue weighted by atomic mass is 10.00. The van der Waals surface area contributed by atoms with Gasteiger partial charge < -0.3 is 8.83 Å². The molecule has 0 N–H and O–H groups in total. The number of pyridine rings is 1. The normalized spacial score (nSPS) is 11.7. The SMILES string of the molecule is c1cnc2c(-c3ccc(-c4nc(-c5ccc(-c6cccc7c6oc6ccccc67)cc5)nc(-c5ccc(-c6cccc7c6oc6ccccc67)cc5)n4)cc3)cccc2c1. The van der Waals surface area contributed by atoms with Gasteiger partial charge in [0.05, 0.1) is 5.52 Å². The molecule has 0 spiro atoms. The second-order valence-corrected chi connectivity index (χ2v) is 15.0. The van der Waals surface area contributed by atoms with Gasteiger partial charge in [-0.2, -0.15) is 0 Å². The molecule has 0 saturated carbocycles. The van der Waals surface area contributed by atoms with Gasteiger partial charge >= 0.3 is 0 Å². The van der Waals surface area contributed by atoms with E-state index < -0.39 is 0 Å². The number of fused-ring (bicyclic) bond motifs is 7. The number of furan rings is 2. The van der Waals surface area contributed by atoms with Gasteiger partial charge in [0.15, 0.2) is 17.5 Å². The Kier molecular flexibility index (Phi) is 7.74. The van der Waals surface area contributed by atoms with Gasteiger partial charge in [0.2, 0.25) is 0 Å². The number of aromatic nitrogens is 4. The van der Waals surface area contributed by atoms with E-state index in [9.17, 15) is 0 Å². The van der Waals surface area contributed by atoms with E-state index in [-0.39, 0.29) is 0 Å². The van der Waals surface area contributed by atoms with Crippen LogP contribution in [-0.2, 0) is 0 Å². The summed E-state index contributed by atoms with van der Waals surface area (Å²) in [7, 11) is 0. The lowest BCUT2D eigenvalue weighted by Gasteiger charge is -2.11. The summed E-state index contributed by atoms with van der Waals surface area (Å²) < 4.78 is 12.7. The Morgan fingerprint density at radius 3 is 1.18 bits per heavy atom. The first kappa shape index (κ1) is 33.9. The molecule has 0 aliphatic heterocycles. The molecule has 0 aliphatic rings. The van der Waals surface area contributed by atoms with Crippen LogP contribution in [0.15, 0.2) is 203 Å². The Balaban J connectivity index is 0.947. The maximum absolute atomic E-state index is 6.37. The van der Waals surface area contributed by atoms with Crippen LogP contribution in [0.3, 0.4) is 0 Å². The summed E-state index contributed by atoms with van der Waals surface area (Å²) in [4.78, 5) is 20.0. The summed E-state index contributed by atoms with van der Waals surface area (Å²) in [6, 6.07) is 64.4.